The molecule has 0 amide bonds. The van der Waals surface area contributed by atoms with E-state index in [1.165, 1.54) is 37.6 Å². The summed E-state index contributed by atoms with van der Waals surface area (Å²) in [7, 11) is 1.32. The van der Waals surface area contributed by atoms with Crippen molar-refractivity contribution in [1.82, 2.24) is 0 Å². The molecule has 10 atom stereocenters. The largest absolute Gasteiger partial charge is 0.496 e. The number of benzene rings is 2. The van der Waals surface area contributed by atoms with Crippen molar-refractivity contribution in [2.75, 3.05) is 20.3 Å². The van der Waals surface area contributed by atoms with Crippen LogP contribution in [0.2, 0.25) is 0 Å². The third kappa shape index (κ3) is 5.92. The summed E-state index contributed by atoms with van der Waals surface area (Å²) in [6.07, 6.45) is -13.5. The van der Waals surface area contributed by atoms with Crippen molar-refractivity contribution in [1.29, 1.82) is 0 Å². The lowest BCUT2D eigenvalue weighted by atomic mass is 9.99. The molecule has 3 aromatic rings. The molecule has 2 aliphatic heterocycles. The molecule has 0 bridgehead atoms. The second kappa shape index (κ2) is 12.7. The van der Waals surface area contributed by atoms with Gasteiger partial charge in [-0.1, -0.05) is 12.1 Å². The van der Waals surface area contributed by atoms with Crippen LogP contribution in [0, 0.1) is 0 Å². The topological polar surface area (TPSA) is 238 Å². The number of aliphatic hydroxyl groups excluding tert-OH is 8. The van der Waals surface area contributed by atoms with Gasteiger partial charge in [-0.05, 0) is 17.7 Å². The first kappa shape index (κ1) is 31.1. The molecule has 5 rings (SSSR count). The van der Waals surface area contributed by atoms with Crippen LogP contribution in [-0.2, 0) is 9.47 Å². The van der Waals surface area contributed by atoms with Gasteiger partial charge in [0.05, 0.1) is 25.9 Å². The van der Waals surface area contributed by atoms with Crippen molar-refractivity contribution in [2.24, 2.45) is 0 Å². The molecule has 0 spiro atoms. The Balaban J connectivity index is 1.37. The summed E-state index contributed by atoms with van der Waals surface area (Å²) in [6.45, 7) is -1.24. The van der Waals surface area contributed by atoms with Gasteiger partial charge in [-0.3, -0.25) is 4.79 Å². The predicted octanol–water partition coefficient (Wildman–Crippen LogP) is -2.17. The average molecular weight is 609 g/mol. The van der Waals surface area contributed by atoms with Crippen molar-refractivity contribution in [3.8, 4) is 28.4 Å². The molecule has 0 radical (unpaired) electrons. The summed E-state index contributed by atoms with van der Waals surface area (Å²) in [4.78, 5) is 13.5. The average Bonchev–Trinajstić information content (AvgIpc) is 3.01. The summed E-state index contributed by atoms with van der Waals surface area (Å²) in [5, 5.41) is 79.3. The molecule has 2 aromatic carbocycles. The van der Waals surface area contributed by atoms with Gasteiger partial charge in [-0.15, -0.1) is 0 Å². The molecule has 0 aliphatic carbocycles. The highest BCUT2D eigenvalue weighted by molar-refractivity contribution is 5.88. The van der Waals surface area contributed by atoms with Crippen LogP contribution in [0.4, 0.5) is 0 Å². The quantitative estimate of drug-likeness (QED) is 0.136. The van der Waals surface area contributed by atoms with Crippen molar-refractivity contribution in [2.45, 2.75) is 61.4 Å². The lowest BCUT2D eigenvalue weighted by Gasteiger charge is -2.39. The zero-order valence-corrected chi connectivity index (χ0v) is 22.7. The van der Waals surface area contributed by atoms with E-state index in [-0.39, 0.29) is 33.8 Å². The van der Waals surface area contributed by atoms with Crippen LogP contribution in [0.25, 0.3) is 22.1 Å². The first-order valence-corrected chi connectivity index (χ1v) is 13.3. The van der Waals surface area contributed by atoms with E-state index in [4.69, 9.17) is 28.1 Å². The number of aliphatic hydroxyl groups is 8. The van der Waals surface area contributed by atoms with E-state index in [1.54, 1.807) is 12.1 Å². The minimum absolute atomic E-state index is 0.0410. The van der Waals surface area contributed by atoms with Crippen LogP contribution in [0.15, 0.2) is 51.9 Å². The van der Waals surface area contributed by atoms with E-state index < -0.39 is 80.1 Å². The second-order valence-corrected chi connectivity index (χ2v) is 10.1. The molecule has 234 valence electrons. The standard InChI is InChI=1S/C28H32O15/c1-38-15-6-13(41-28-26(37)24(35)22(33)18(9-30)43-28)7-16-19(15)20(31)14(10-39-16)11-2-4-12(5-3-11)40-27-25(36)23(34)21(32)17(8-29)42-27/h2-7,10,17-18,21-30,32-37H,8-9H2,1H3/t17-,18-,21-,22-,23+,24+,25-,26-,27?,28?/m1/s1. The van der Waals surface area contributed by atoms with E-state index in [1.807, 2.05) is 0 Å². The van der Waals surface area contributed by atoms with Crippen molar-refractivity contribution < 1.29 is 69.0 Å². The molecule has 3 heterocycles. The van der Waals surface area contributed by atoms with Gasteiger partial charge in [-0.25, -0.2) is 0 Å². The van der Waals surface area contributed by atoms with Crippen LogP contribution < -0.4 is 19.6 Å². The Bertz CT molecular complexity index is 1460. The molecule has 15 heteroatoms. The molecular weight excluding hydrogens is 576 g/mol. The first-order chi connectivity index (χ1) is 20.6. The molecule has 43 heavy (non-hydrogen) atoms. The number of ether oxygens (including phenoxy) is 5. The van der Waals surface area contributed by atoms with E-state index in [0.717, 1.165) is 0 Å². The third-order valence-electron chi connectivity index (χ3n) is 7.40. The lowest BCUT2D eigenvalue weighted by Crippen LogP contribution is -2.60. The van der Waals surface area contributed by atoms with E-state index in [0.29, 0.717) is 5.56 Å². The SMILES string of the molecule is COc1cc(OC2O[C@H](CO)[C@@H](O)[C@H](O)[C@H]2O)cc2occ(-c3ccc(OC4O[C@H](CO)[C@@H](O)[C@H](O)[C@H]4O)cc3)c(=O)c12. The second-order valence-electron chi connectivity index (χ2n) is 10.1. The molecule has 8 N–H and O–H groups in total. The summed E-state index contributed by atoms with van der Waals surface area (Å²) < 4.78 is 33.1. The highest BCUT2D eigenvalue weighted by Crippen LogP contribution is 2.34. The molecule has 2 unspecified atom stereocenters. The highest BCUT2D eigenvalue weighted by atomic mass is 16.7. The van der Waals surface area contributed by atoms with Gasteiger partial charge >= 0.3 is 0 Å². The van der Waals surface area contributed by atoms with Gasteiger partial charge < -0.3 is 69.0 Å². The van der Waals surface area contributed by atoms with Gasteiger partial charge in [0, 0.05) is 12.1 Å². The van der Waals surface area contributed by atoms with Gasteiger partial charge in [0.1, 0.15) is 83.3 Å². The molecule has 2 saturated heterocycles. The Hall–Kier alpha value is -3.35. The van der Waals surface area contributed by atoms with E-state index >= 15 is 0 Å². The molecule has 2 aliphatic rings. The summed E-state index contributed by atoms with van der Waals surface area (Å²) >= 11 is 0. The van der Waals surface area contributed by atoms with Crippen LogP contribution in [-0.4, -0.2) is 123 Å². The number of hydrogen-bond donors (Lipinski definition) is 8. The molecule has 2 fully saturated rings. The third-order valence-corrected chi connectivity index (χ3v) is 7.40. The monoisotopic (exact) mass is 608 g/mol. The first-order valence-electron chi connectivity index (χ1n) is 13.3. The molecule has 1 aromatic heterocycles. The molecule has 0 saturated carbocycles. The fraction of sp³-hybridized carbons (Fsp3) is 0.464. The highest BCUT2D eigenvalue weighted by Gasteiger charge is 2.46. The van der Waals surface area contributed by atoms with Gasteiger partial charge in [0.2, 0.25) is 18.0 Å². The Morgan fingerprint density at radius 2 is 1.26 bits per heavy atom. The Morgan fingerprint density at radius 1 is 0.721 bits per heavy atom. The summed E-state index contributed by atoms with van der Waals surface area (Å²) in [5.74, 6) is 0.306. The van der Waals surface area contributed by atoms with Gasteiger partial charge in [-0.2, -0.15) is 0 Å². The minimum atomic E-state index is -1.65. The Labute approximate surface area is 243 Å². The zero-order valence-electron chi connectivity index (χ0n) is 22.7. The van der Waals surface area contributed by atoms with Crippen LogP contribution in [0.1, 0.15) is 0 Å². The van der Waals surface area contributed by atoms with Crippen LogP contribution >= 0.6 is 0 Å². The predicted molar refractivity (Wildman–Crippen MR) is 143 cm³/mol. The molecular formula is C28H32O15. The summed E-state index contributed by atoms with van der Waals surface area (Å²) in [5.41, 5.74) is 0.198. The van der Waals surface area contributed by atoms with Gasteiger partial charge in [0.15, 0.2) is 0 Å². The maximum absolute atomic E-state index is 13.5. The van der Waals surface area contributed by atoms with Crippen LogP contribution in [0.3, 0.4) is 0 Å². The van der Waals surface area contributed by atoms with Crippen molar-refractivity contribution in [3.05, 3.63) is 52.9 Å². The van der Waals surface area contributed by atoms with Gasteiger partial charge in [0.25, 0.3) is 0 Å². The number of fused-ring (bicyclic) bond motifs is 1. The van der Waals surface area contributed by atoms with E-state index in [9.17, 15) is 45.6 Å². The maximum atomic E-state index is 13.5. The lowest BCUT2D eigenvalue weighted by molar-refractivity contribution is -0.277. The maximum Gasteiger partial charge on any atom is 0.229 e. The molecule has 15 nitrogen and oxygen atoms in total. The smallest absolute Gasteiger partial charge is 0.229 e. The number of methoxy groups -OCH3 is 1. The zero-order chi connectivity index (χ0) is 31.0. The normalized spacial score (nSPS) is 32.9. The number of hydrogen-bond acceptors (Lipinski definition) is 15. The Morgan fingerprint density at radius 3 is 1.77 bits per heavy atom. The van der Waals surface area contributed by atoms with Crippen molar-refractivity contribution >= 4 is 11.0 Å². The fourth-order valence-electron chi connectivity index (χ4n) is 4.93. The van der Waals surface area contributed by atoms with Crippen LogP contribution in [0.5, 0.6) is 17.2 Å². The van der Waals surface area contributed by atoms with E-state index in [2.05, 4.69) is 0 Å². The number of rotatable bonds is 8. The summed E-state index contributed by atoms with van der Waals surface area (Å²) in [6, 6.07) is 8.74. The van der Waals surface area contributed by atoms with Crippen molar-refractivity contribution in [3.63, 3.8) is 0 Å². The fourth-order valence-corrected chi connectivity index (χ4v) is 4.93. The minimum Gasteiger partial charge on any atom is -0.496 e. The Kier molecular flexibility index (Phi) is 9.19.